The quantitative estimate of drug-likeness (QED) is 0.285. The number of amides is 2. The highest BCUT2D eigenvalue weighted by Crippen LogP contribution is 2.31. The van der Waals surface area contributed by atoms with Crippen LogP contribution >= 0.6 is 0 Å². The Bertz CT molecular complexity index is 1350. The summed E-state index contributed by atoms with van der Waals surface area (Å²) < 4.78 is 33.4. The van der Waals surface area contributed by atoms with Crippen molar-refractivity contribution in [1.82, 2.24) is 4.31 Å². The van der Waals surface area contributed by atoms with Crippen molar-refractivity contribution in [2.45, 2.75) is 37.8 Å². The van der Waals surface area contributed by atoms with E-state index in [1.165, 1.54) is 43.3 Å². The van der Waals surface area contributed by atoms with Crippen LogP contribution < -0.4 is 9.64 Å². The number of anilines is 1. The number of aryl methyl sites for hydroxylation is 1. The number of esters is 1. The number of ether oxygens (including phenoxy) is 1. The molecule has 1 saturated heterocycles. The predicted molar refractivity (Wildman–Crippen MR) is 129 cm³/mol. The predicted octanol–water partition coefficient (Wildman–Crippen LogP) is 3.44. The van der Waals surface area contributed by atoms with Gasteiger partial charge in [-0.15, -0.1) is 0 Å². The van der Waals surface area contributed by atoms with E-state index >= 15 is 0 Å². The van der Waals surface area contributed by atoms with Gasteiger partial charge in [0.1, 0.15) is 11.8 Å². The van der Waals surface area contributed by atoms with E-state index in [-0.39, 0.29) is 29.3 Å². The molecule has 35 heavy (non-hydrogen) atoms. The van der Waals surface area contributed by atoms with Crippen molar-refractivity contribution in [3.63, 3.8) is 0 Å². The lowest BCUT2D eigenvalue weighted by atomic mass is 10.2. The summed E-state index contributed by atoms with van der Waals surface area (Å²) in [6, 6.07) is 20.0. The van der Waals surface area contributed by atoms with Crippen molar-refractivity contribution in [3.8, 4) is 5.75 Å². The summed E-state index contributed by atoms with van der Waals surface area (Å²) in [5.74, 6) is -1.38. The molecule has 4 rings (SSSR count). The molecule has 1 unspecified atom stereocenters. The minimum Gasteiger partial charge on any atom is -0.427 e. The average molecular weight is 493 g/mol. The van der Waals surface area contributed by atoms with Crippen LogP contribution in [0, 0.1) is 6.92 Å². The Morgan fingerprint density at radius 3 is 2.20 bits per heavy atom. The number of sulfonamides is 1. The van der Waals surface area contributed by atoms with Crippen LogP contribution in [0.2, 0.25) is 0 Å². The number of imide groups is 1. The standard InChI is InChI=1S/C26H24N2O6S/c1-18-8-14-23(15-9-18)35(32,33)27(17-20-6-4-3-5-7-20)24-16-25(30)28(26(24)31)21-10-12-22(13-11-21)34-19(2)29/h3-15,24H,16-17H2,1-2H3. The molecular weight excluding hydrogens is 468 g/mol. The second-order valence-electron chi connectivity index (χ2n) is 8.22. The minimum absolute atomic E-state index is 0.0449. The number of hydrogen-bond acceptors (Lipinski definition) is 6. The highest BCUT2D eigenvalue weighted by molar-refractivity contribution is 7.89. The molecular formula is C26H24N2O6S. The molecule has 0 aromatic heterocycles. The van der Waals surface area contributed by atoms with Crippen LogP contribution in [0.4, 0.5) is 5.69 Å². The number of rotatable bonds is 7. The number of hydrogen-bond donors (Lipinski definition) is 0. The van der Waals surface area contributed by atoms with Gasteiger partial charge < -0.3 is 4.74 Å². The molecule has 1 heterocycles. The fraction of sp³-hybridized carbons (Fsp3) is 0.192. The summed E-state index contributed by atoms with van der Waals surface area (Å²) in [5.41, 5.74) is 1.85. The second kappa shape index (κ2) is 9.81. The largest absolute Gasteiger partial charge is 0.427 e. The van der Waals surface area contributed by atoms with Gasteiger partial charge in [-0.2, -0.15) is 4.31 Å². The molecule has 0 spiro atoms. The maximum atomic E-state index is 13.7. The van der Waals surface area contributed by atoms with Crippen molar-refractivity contribution in [3.05, 3.63) is 90.0 Å². The van der Waals surface area contributed by atoms with Gasteiger partial charge in [-0.1, -0.05) is 48.0 Å². The summed E-state index contributed by atoms with van der Waals surface area (Å²) in [7, 11) is -4.11. The molecule has 0 N–H and O–H groups in total. The van der Waals surface area contributed by atoms with E-state index in [1.54, 1.807) is 36.4 Å². The van der Waals surface area contributed by atoms with Gasteiger partial charge in [0.05, 0.1) is 17.0 Å². The lowest BCUT2D eigenvalue weighted by Gasteiger charge is -2.27. The van der Waals surface area contributed by atoms with Gasteiger partial charge in [0.2, 0.25) is 15.9 Å². The molecule has 3 aromatic carbocycles. The molecule has 8 nitrogen and oxygen atoms in total. The van der Waals surface area contributed by atoms with Crippen LogP contribution in [-0.4, -0.2) is 36.5 Å². The van der Waals surface area contributed by atoms with Crippen molar-refractivity contribution in [2.75, 3.05) is 4.90 Å². The highest BCUT2D eigenvalue weighted by atomic mass is 32.2. The first-order chi connectivity index (χ1) is 16.7. The van der Waals surface area contributed by atoms with Crippen LogP contribution in [0.15, 0.2) is 83.8 Å². The van der Waals surface area contributed by atoms with E-state index in [2.05, 4.69) is 0 Å². The molecule has 9 heteroatoms. The molecule has 1 aliphatic rings. The summed E-state index contributed by atoms with van der Waals surface area (Å²) >= 11 is 0. The molecule has 0 radical (unpaired) electrons. The van der Waals surface area contributed by atoms with Gasteiger partial charge in [-0.05, 0) is 48.9 Å². The minimum atomic E-state index is -4.11. The van der Waals surface area contributed by atoms with Crippen molar-refractivity contribution in [2.24, 2.45) is 0 Å². The third kappa shape index (κ3) is 5.16. The van der Waals surface area contributed by atoms with Gasteiger partial charge in [-0.3, -0.25) is 14.4 Å². The lowest BCUT2D eigenvalue weighted by Crippen LogP contribution is -2.45. The summed E-state index contributed by atoms with van der Waals surface area (Å²) in [6.07, 6.45) is -0.289. The van der Waals surface area contributed by atoms with Crippen LogP contribution in [0.1, 0.15) is 24.5 Å². The van der Waals surface area contributed by atoms with Gasteiger partial charge in [0.15, 0.2) is 0 Å². The Hall–Kier alpha value is -3.82. The van der Waals surface area contributed by atoms with E-state index in [4.69, 9.17) is 4.74 Å². The normalized spacial score (nSPS) is 16.1. The fourth-order valence-electron chi connectivity index (χ4n) is 3.91. The summed E-state index contributed by atoms with van der Waals surface area (Å²) in [6.45, 7) is 3.05. The van der Waals surface area contributed by atoms with Crippen LogP contribution in [-0.2, 0) is 31.0 Å². The van der Waals surface area contributed by atoms with E-state index in [1.807, 2.05) is 13.0 Å². The third-order valence-corrected chi connectivity index (χ3v) is 7.50. The van der Waals surface area contributed by atoms with Gasteiger partial charge >= 0.3 is 5.97 Å². The number of benzene rings is 3. The first-order valence-corrected chi connectivity index (χ1v) is 12.4. The average Bonchev–Trinajstić information content (AvgIpc) is 3.12. The fourth-order valence-corrected chi connectivity index (χ4v) is 5.48. The highest BCUT2D eigenvalue weighted by Gasteiger charge is 2.47. The lowest BCUT2D eigenvalue weighted by molar-refractivity contribution is -0.132. The number of nitrogens with zero attached hydrogens (tertiary/aromatic N) is 2. The summed E-state index contributed by atoms with van der Waals surface area (Å²) in [5, 5.41) is 0. The van der Waals surface area contributed by atoms with E-state index < -0.39 is 33.8 Å². The Morgan fingerprint density at radius 2 is 1.60 bits per heavy atom. The number of carbonyl (C=O) groups is 3. The first kappa shape index (κ1) is 24.3. The van der Waals surface area contributed by atoms with Crippen LogP contribution in [0.5, 0.6) is 5.75 Å². The second-order valence-corrected chi connectivity index (χ2v) is 10.1. The van der Waals surface area contributed by atoms with Crippen molar-refractivity contribution < 1.29 is 27.5 Å². The third-order valence-electron chi connectivity index (χ3n) is 5.64. The Kier molecular flexibility index (Phi) is 6.81. The van der Waals surface area contributed by atoms with E-state index in [9.17, 15) is 22.8 Å². The van der Waals surface area contributed by atoms with Gasteiger partial charge in [0.25, 0.3) is 5.91 Å². The Balaban J connectivity index is 1.69. The molecule has 1 atom stereocenters. The summed E-state index contributed by atoms with van der Waals surface area (Å²) in [4.78, 5) is 38.6. The van der Waals surface area contributed by atoms with Gasteiger partial charge in [0, 0.05) is 13.5 Å². The van der Waals surface area contributed by atoms with Crippen LogP contribution in [0.3, 0.4) is 0 Å². The Labute approximate surface area is 203 Å². The van der Waals surface area contributed by atoms with Crippen LogP contribution in [0.25, 0.3) is 0 Å². The molecule has 1 aliphatic heterocycles. The number of carbonyl (C=O) groups excluding carboxylic acids is 3. The monoisotopic (exact) mass is 492 g/mol. The van der Waals surface area contributed by atoms with E-state index in [0.29, 0.717) is 5.56 Å². The zero-order valence-electron chi connectivity index (χ0n) is 19.2. The first-order valence-electron chi connectivity index (χ1n) is 10.9. The van der Waals surface area contributed by atoms with Gasteiger partial charge in [-0.25, -0.2) is 13.3 Å². The molecule has 0 aliphatic carbocycles. The van der Waals surface area contributed by atoms with E-state index in [0.717, 1.165) is 14.8 Å². The smallest absolute Gasteiger partial charge is 0.308 e. The topological polar surface area (TPSA) is 101 Å². The maximum absolute atomic E-state index is 13.7. The molecule has 3 aromatic rings. The molecule has 0 bridgehead atoms. The molecule has 2 amide bonds. The van der Waals surface area contributed by atoms with Crippen molar-refractivity contribution in [1.29, 1.82) is 0 Å². The zero-order chi connectivity index (χ0) is 25.2. The SMILES string of the molecule is CC(=O)Oc1ccc(N2C(=O)CC(N(Cc3ccccc3)S(=O)(=O)c3ccc(C)cc3)C2=O)cc1. The molecule has 1 fully saturated rings. The Morgan fingerprint density at radius 1 is 0.971 bits per heavy atom. The molecule has 180 valence electrons. The zero-order valence-corrected chi connectivity index (χ0v) is 20.1. The van der Waals surface area contributed by atoms with Crippen molar-refractivity contribution >= 4 is 33.5 Å². The maximum Gasteiger partial charge on any atom is 0.308 e. The molecule has 0 saturated carbocycles.